The standard InChI is InChI=1S/C20H25BN2O2/c1-4-5-15-21(25-17(3)24)19-13-9-10-14-20(19)22-16(2)23(21)18-11-7-6-8-12-18/h6-14,22H,4-5,15H2,1-3H3. The van der Waals surface area contributed by atoms with Crippen molar-refractivity contribution in [2.45, 2.75) is 39.9 Å². The number of carbonyl (C=O) groups is 1. The van der Waals surface area contributed by atoms with Gasteiger partial charge in [0.05, 0.1) is 11.4 Å². The highest BCUT2D eigenvalue weighted by Crippen LogP contribution is 2.30. The Hall–Kier alpha value is -2.56. The molecule has 0 radical (unpaired) electrons. The van der Waals surface area contributed by atoms with Gasteiger partial charge in [0.1, 0.15) is 0 Å². The molecular weight excluding hydrogens is 311 g/mol. The minimum Gasteiger partial charge on any atom is -0.649 e. The maximum Gasteiger partial charge on any atom is 0.400 e. The number of unbranched alkanes of at least 4 members (excludes halogenated alkanes) is 1. The summed E-state index contributed by atoms with van der Waals surface area (Å²) in [5.74, 6) is 0.726. The van der Waals surface area contributed by atoms with Crippen molar-refractivity contribution in [3.05, 3.63) is 54.6 Å². The Morgan fingerprint density at radius 1 is 1.12 bits per heavy atom. The van der Waals surface area contributed by atoms with Crippen LogP contribution in [0.25, 0.3) is 0 Å². The first-order chi connectivity index (χ1) is 12.1. The minimum atomic E-state index is -1.69. The van der Waals surface area contributed by atoms with Crippen molar-refractivity contribution in [2.24, 2.45) is 0 Å². The molecule has 3 rings (SSSR count). The quantitative estimate of drug-likeness (QED) is 0.843. The molecule has 0 bridgehead atoms. The Bertz CT molecular complexity index is 804. The molecule has 0 aromatic heterocycles. The number of nitrogens with one attached hydrogen (secondary N) is 1. The first-order valence-corrected chi connectivity index (χ1v) is 8.99. The molecule has 1 N–H and O–H groups in total. The lowest BCUT2D eigenvalue weighted by Gasteiger charge is -2.44. The van der Waals surface area contributed by atoms with Crippen LogP contribution in [0.4, 0.5) is 11.4 Å². The minimum absolute atomic E-state index is 0.249. The van der Waals surface area contributed by atoms with E-state index >= 15 is 0 Å². The number of carbonyl (C=O) groups excluding carboxylic acids is 1. The highest BCUT2D eigenvalue weighted by Gasteiger charge is 2.46. The fourth-order valence-corrected chi connectivity index (χ4v) is 3.95. The Balaban J connectivity index is 2.27. The predicted molar refractivity (Wildman–Crippen MR) is 104 cm³/mol. The summed E-state index contributed by atoms with van der Waals surface area (Å²) in [5, 5.41) is 3.48. The Labute approximate surface area is 149 Å². The van der Waals surface area contributed by atoms with Crippen LogP contribution in [-0.4, -0.2) is 22.8 Å². The third-order valence-corrected chi connectivity index (χ3v) is 4.89. The van der Waals surface area contributed by atoms with E-state index in [-0.39, 0.29) is 5.97 Å². The number of benzene rings is 2. The average molecular weight is 336 g/mol. The predicted octanol–water partition coefficient (Wildman–Crippen LogP) is 3.89. The number of nitrogens with zero attached hydrogens (tertiary/aromatic N) is 1. The number of fused-ring (bicyclic) bond motifs is 1. The van der Waals surface area contributed by atoms with Gasteiger partial charge in [-0.1, -0.05) is 67.9 Å². The van der Waals surface area contributed by atoms with E-state index in [2.05, 4.69) is 34.9 Å². The summed E-state index contributed by atoms with van der Waals surface area (Å²) in [6, 6.07) is 18.3. The normalized spacial score (nSPS) is 19.2. The number of anilines is 1. The van der Waals surface area contributed by atoms with Crippen molar-refractivity contribution >= 4 is 35.1 Å². The molecule has 4 nitrogen and oxygen atoms in total. The molecular formula is C20H25BN2O2. The van der Waals surface area contributed by atoms with Crippen LogP contribution < -0.4 is 10.8 Å². The highest BCUT2D eigenvalue weighted by molar-refractivity contribution is 6.83. The first-order valence-electron chi connectivity index (χ1n) is 8.99. The second kappa shape index (κ2) is 7.13. The summed E-state index contributed by atoms with van der Waals surface area (Å²) in [7, 11) is 0. The molecule has 1 unspecified atom stereocenters. The zero-order chi connectivity index (χ0) is 17.9. The summed E-state index contributed by atoms with van der Waals surface area (Å²) in [6.45, 7) is 4.00. The van der Waals surface area contributed by atoms with Gasteiger partial charge in [-0.3, -0.25) is 10.1 Å². The number of para-hydroxylation sites is 2. The summed E-state index contributed by atoms with van der Waals surface area (Å²) in [4.78, 5) is 12.1. The van der Waals surface area contributed by atoms with E-state index in [1.54, 1.807) is 0 Å². The van der Waals surface area contributed by atoms with Crippen LogP contribution in [0, 0.1) is 0 Å². The number of amidine groups is 1. The fraction of sp³-hybridized carbons (Fsp3) is 0.300. The maximum atomic E-state index is 12.1. The average Bonchev–Trinajstić information content (AvgIpc) is 2.60. The maximum absolute atomic E-state index is 12.1. The van der Waals surface area contributed by atoms with E-state index in [0.717, 1.165) is 41.8 Å². The molecule has 1 heterocycles. The fourth-order valence-electron chi connectivity index (χ4n) is 3.95. The molecule has 5 heteroatoms. The van der Waals surface area contributed by atoms with Gasteiger partial charge in [0.2, 0.25) is 5.84 Å². The van der Waals surface area contributed by atoms with E-state index in [0.29, 0.717) is 0 Å². The van der Waals surface area contributed by atoms with Crippen molar-refractivity contribution in [1.29, 1.82) is 0 Å². The smallest absolute Gasteiger partial charge is 0.400 e. The van der Waals surface area contributed by atoms with Gasteiger partial charge in [0, 0.05) is 13.8 Å². The van der Waals surface area contributed by atoms with Gasteiger partial charge < -0.3 is 9.14 Å². The topological polar surface area (TPSA) is 41.3 Å². The monoisotopic (exact) mass is 336 g/mol. The molecule has 1 aliphatic rings. The van der Waals surface area contributed by atoms with Gasteiger partial charge in [-0.25, -0.2) is 0 Å². The lowest BCUT2D eigenvalue weighted by Crippen LogP contribution is -2.64. The van der Waals surface area contributed by atoms with E-state index in [1.165, 1.54) is 6.92 Å². The summed E-state index contributed by atoms with van der Waals surface area (Å²) in [6.07, 6.45) is 2.82. The second-order valence-corrected chi connectivity index (χ2v) is 6.66. The Morgan fingerprint density at radius 3 is 2.48 bits per heavy atom. The molecule has 1 atom stereocenters. The van der Waals surface area contributed by atoms with Crippen molar-refractivity contribution in [3.63, 3.8) is 0 Å². The molecule has 130 valence electrons. The molecule has 0 aliphatic carbocycles. The zero-order valence-corrected chi connectivity index (χ0v) is 15.2. The lowest BCUT2D eigenvalue weighted by atomic mass is 9.41. The summed E-state index contributed by atoms with van der Waals surface area (Å²) < 4.78 is 8.31. The zero-order valence-electron chi connectivity index (χ0n) is 15.2. The summed E-state index contributed by atoms with van der Waals surface area (Å²) in [5.41, 5.74) is 3.10. The van der Waals surface area contributed by atoms with E-state index in [4.69, 9.17) is 4.65 Å². The van der Waals surface area contributed by atoms with Crippen LogP contribution in [0.15, 0.2) is 54.6 Å². The van der Waals surface area contributed by atoms with Gasteiger partial charge in [0.15, 0.2) is 0 Å². The highest BCUT2D eigenvalue weighted by atomic mass is 16.5. The molecule has 2 aromatic rings. The van der Waals surface area contributed by atoms with Crippen molar-refractivity contribution in [2.75, 3.05) is 5.32 Å². The molecule has 1 aliphatic heterocycles. The molecule has 0 saturated heterocycles. The number of rotatable bonds is 5. The van der Waals surface area contributed by atoms with Crippen molar-refractivity contribution < 1.29 is 13.9 Å². The van der Waals surface area contributed by atoms with Crippen molar-refractivity contribution in [3.8, 4) is 0 Å². The Kier molecular flexibility index (Phi) is 4.93. The van der Waals surface area contributed by atoms with Crippen LogP contribution in [0.2, 0.25) is 6.32 Å². The Morgan fingerprint density at radius 2 is 1.80 bits per heavy atom. The van der Waals surface area contributed by atoms with Crippen molar-refractivity contribution in [1.82, 2.24) is 0 Å². The third kappa shape index (κ3) is 3.19. The van der Waals surface area contributed by atoms with Crippen LogP contribution >= 0.6 is 0 Å². The van der Waals surface area contributed by atoms with Gasteiger partial charge >= 0.3 is 6.48 Å². The SMILES string of the molecule is CCCC[B-]1(OC(C)=O)c2ccccc2NC(C)=[N+]1c1ccccc1. The molecule has 0 amide bonds. The van der Waals surface area contributed by atoms with Gasteiger partial charge in [0.25, 0.3) is 5.97 Å². The largest absolute Gasteiger partial charge is 0.649 e. The number of hydrogen-bond donors (Lipinski definition) is 1. The van der Waals surface area contributed by atoms with Gasteiger partial charge in [-0.2, -0.15) is 0 Å². The first kappa shape index (κ1) is 17.3. The third-order valence-electron chi connectivity index (χ3n) is 4.89. The van der Waals surface area contributed by atoms with E-state index in [9.17, 15) is 4.79 Å². The van der Waals surface area contributed by atoms with Crippen LogP contribution in [0.5, 0.6) is 0 Å². The van der Waals surface area contributed by atoms with E-state index < -0.39 is 6.48 Å². The molecule has 2 aromatic carbocycles. The summed E-state index contributed by atoms with van der Waals surface area (Å²) >= 11 is 0. The van der Waals surface area contributed by atoms with E-state index in [1.807, 2.05) is 43.3 Å². The molecule has 0 fully saturated rings. The van der Waals surface area contributed by atoms with Crippen LogP contribution in [-0.2, 0) is 9.45 Å². The van der Waals surface area contributed by atoms with Gasteiger partial charge in [-0.15, -0.1) is 0 Å². The number of hydrogen-bond acceptors (Lipinski definition) is 3. The van der Waals surface area contributed by atoms with Crippen LogP contribution in [0.3, 0.4) is 0 Å². The molecule has 0 spiro atoms. The molecule has 25 heavy (non-hydrogen) atoms. The second-order valence-electron chi connectivity index (χ2n) is 6.66. The van der Waals surface area contributed by atoms with Crippen LogP contribution in [0.1, 0.15) is 33.6 Å². The molecule has 0 saturated carbocycles. The lowest BCUT2D eigenvalue weighted by molar-refractivity contribution is -0.318. The van der Waals surface area contributed by atoms with Gasteiger partial charge in [-0.05, 0) is 18.2 Å².